The summed E-state index contributed by atoms with van der Waals surface area (Å²) in [5.74, 6) is 0. The summed E-state index contributed by atoms with van der Waals surface area (Å²) in [4.78, 5) is 1.96. The summed E-state index contributed by atoms with van der Waals surface area (Å²) < 4.78 is 0. The van der Waals surface area contributed by atoms with Crippen LogP contribution in [0, 0.1) is 0 Å². The van der Waals surface area contributed by atoms with E-state index < -0.39 is 8.07 Å². The van der Waals surface area contributed by atoms with Gasteiger partial charge in [0.15, 0.2) is 0 Å². The molecule has 2 heteroatoms. The Hall–Kier alpha value is 0.437. The molecule has 0 saturated carbocycles. The lowest BCUT2D eigenvalue weighted by molar-refractivity contribution is 1.78. The number of rotatable bonds is 1. The lowest BCUT2D eigenvalue weighted by Gasteiger charge is -2.05. The van der Waals surface area contributed by atoms with Crippen LogP contribution < -0.4 is 0 Å². The quantitative estimate of drug-likeness (QED) is 0.543. The van der Waals surface area contributed by atoms with Crippen LogP contribution in [0.5, 0.6) is 0 Å². The highest BCUT2D eigenvalue weighted by atomic mass is 79.9. The normalized spacial score (nSPS) is 13.1. The van der Waals surface area contributed by atoms with Gasteiger partial charge in [0, 0.05) is 0 Å². The van der Waals surface area contributed by atoms with Gasteiger partial charge in [0.2, 0.25) is 0 Å². The van der Waals surface area contributed by atoms with Crippen molar-refractivity contribution in [3.8, 4) is 0 Å². The largest absolute Gasteiger partial charge is 0.0882 e. The van der Waals surface area contributed by atoms with Crippen molar-refractivity contribution >= 4 is 24.0 Å². The highest BCUT2D eigenvalue weighted by Gasteiger charge is 2.04. The van der Waals surface area contributed by atoms with Crippen LogP contribution in [0.3, 0.4) is 0 Å². The van der Waals surface area contributed by atoms with Crippen LogP contribution in [0.2, 0.25) is 19.6 Å². The molecular weight excluding hydrogens is 168 g/mol. The van der Waals surface area contributed by atoms with Gasteiger partial charge in [-0.3, -0.25) is 0 Å². The zero-order chi connectivity index (χ0) is 5.91. The van der Waals surface area contributed by atoms with E-state index in [1.165, 1.54) is 0 Å². The molecule has 0 N–H and O–H groups in total. The summed E-state index contributed by atoms with van der Waals surface area (Å²) in [6.45, 7) is 6.89. The van der Waals surface area contributed by atoms with Crippen molar-refractivity contribution in [3.05, 3.63) is 10.7 Å². The van der Waals surface area contributed by atoms with Gasteiger partial charge in [-0.25, -0.2) is 0 Å². The molecule has 0 rings (SSSR count). The number of halogens is 1. The van der Waals surface area contributed by atoms with Gasteiger partial charge in [0.25, 0.3) is 0 Å². The van der Waals surface area contributed by atoms with E-state index in [0.29, 0.717) is 0 Å². The standard InChI is InChI=1S/C5H11BrSi/c1-7(2,3)5-4-6/h4-5H,1-3H3. The summed E-state index contributed by atoms with van der Waals surface area (Å²) in [6, 6.07) is 0. The maximum atomic E-state index is 3.24. The van der Waals surface area contributed by atoms with Crippen LogP contribution in [0.4, 0.5) is 0 Å². The molecule has 0 unspecified atom stereocenters. The van der Waals surface area contributed by atoms with E-state index in [9.17, 15) is 0 Å². The fourth-order valence-corrected chi connectivity index (χ4v) is 2.95. The first-order valence-electron chi connectivity index (χ1n) is 2.34. The molecule has 0 aromatic heterocycles. The lowest BCUT2D eigenvalue weighted by atomic mass is 11.3. The van der Waals surface area contributed by atoms with Crippen molar-refractivity contribution in [1.82, 2.24) is 0 Å². The van der Waals surface area contributed by atoms with Crippen LogP contribution in [-0.4, -0.2) is 8.07 Å². The monoisotopic (exact) mass is 178 g/mol. The molecule has 0 aromatic rings. The van der Waals surface area contributed by atoms with Gasteiger partial charge in [-0.15, -0.1) is 0 Å². The molecule has 0 bridgehead atoms. The minimum atomic E-state index is -0.885. The molecule has 0 aromatic carbocycles. The second kappa shape index (κ2) is 2.67. The third kappa shape index (κ3) is 6.44. The molecule has 0 radical (unpaired) electrons. The third-order valence-electron chi connectivity index (χ3n) is 0.563. The van der Waals surface area contributed by atoms with Crippen molar-refractivity contribution < 1.29 is 0 Å². The van der Waals surface area contributed by atoms with Gasteiger partial charge < -0.3 is 0 Å². The smallest absolute Gasteiger partial charge is 0.0693 e. The number of hydrogen-bond donors (Lipinski definition) is 0. The molecule has 0 aliphatic heterocycles. The molecule has 0 nitrogen and oxygen atoms in total. The minimum absolute atomic E-state index is 0.885. The molecule has 42 valence electrons. The van der Waals surface area contributed by atoms with Crippen LogP contribution in [0.1, 0.15) is 0 Å². The predicted molar refractivity (Wildman–Crippen MR) is 41.4 cm³/mol. The van der Waals surface area contributed by atoms with E-state index in [1.54, 1.807) is 0 Å². The summed E-state index contributed by atoms with van der Waals surface area (Å²) in [6.07, 6.45) is 0. The molecule has 7 heavy (non-hydrogen) atoms. The SMILES string of the molecule is C[Si](C)(C)C=CBr. The lowest BCUT2D eigenvalue weighted by Crippen LogP contribution is -2.14. The highest BCUT2D eigenvalue weighted by molar-refractivity contribution is 9.11. The van der Waals surface area contributed by atoms with Crippen molar-refractivity contribution in [2.45, 2.75) is 19.6 Å². The van der Waals surface area contributed by atoms with Gasteiger partial charge in [-0.05, 0) is 4.99 Å². The maximum absolute atomic E-state index is 3.24. The minimum Gasteiger partial charge on any atom is -0.0882 e. The predicted octanol–water partition coefficient (Wildman–Crippen LogP) is 2.77. The average molecular weight is 179 g/mol. The molecule has 0 fully saturated rings. The first-order chi connectivity index (χ1) is 3.06. The van der Waals surface area contributed by atoms with E-state index in [-0.39, 0.29) is 0 Å². The second-order valence-corrected chi connectivity index (χ2v) is 8.25. The molecular formula is C5H11BrSi. The second-order valence-electron chi connectivity index (χ2n) is 2.66. The fourth-order valence-electron chi connectivity index (χ4n) is 0.189. The Morgan fingerprint density at radius 3 is 1.71 bits per heavy atom. The van der Waals surface area contributed by atoms with Gasteiger partial charge in [0.05, 0.1) is 8.07 Å². The van der Waals surface area contributed by atoms with Gasteiger partial charge in [-0.1, -0.05) is 41.3 Å². The highest BCUT2D eigenvalue weighted by Crippen LogP contribution is 2.02. The Labute approximate surface area is 54.8 Å². The van der Waals surface area contributed by atoms with Crippen LogP contribution in [0.15, 0.2) is 10.7 Å². The summed E-state index contributed by atoms with van der Waals surface area (Å²) in [5, 5.41) is 0. The summed E-state index contributed by atoms with van der Waals surface area (Å²) in [5.41, 5.74) is 2.24. The third-order valence-corrected chi connectivity index (χ3v) is 2.48. The first-order valence-corrected chi connectivity index (χ1v) is 6.83. The molecule has 0 aliphatic carbocycles. The number of hydrogen-bond acceptors (Lipinski definition) is 0. The Balaban J connectivity index is 3.56. The van der Waals surface area contributed by atoms with Gasteiger partial charge in [0.1, 0.15) is 0 Å². The molecule has 0 saturated heterocycles. The zero-order valence-corrected chi connectivity index (χ0v) is 7.62. The molecule has 0 aliphatic rings. The Bertz CT molecular complexity index is 70.6. The van der Waals surface area contributed by atoms with E-state index in [0.717, 1.165) is 0 Å². The Morgan fingerprint density at radius 1 is 1.29 bits per heavy atom. The Kier molecular flexibility index (Phi) is 2.84. The molecule has 0 heterocycles. The first kappa shape index (κ1) is 7.44. The van der Waals surface area contributed by atoms with Crippen LogP contribution in [-0.2, 0) is 0 Å². The van der Waals surface area contributed by atoms with Gasteiger partial charge >= 0.3 is 0 Å². The topological polar surface area (TPSA) is 0 Å². The van der Waals surface area contributed by atoms with E-state index in [1.807, 2.05) is 4.99 Å². The van der Waals surface area contributed by atoms with Crippen molar-refractivity contribution in [3.63, 3.8) is 0 Å². The molecule has 0 atom stereocenters. The van der Waals surface area contributed by atoms with E-state index >= 15 is 0 Å². The van der Waals surface area contributed by atoms with Crippen molar-refractivity contribution in [2.24, 2.45) is 0 Å². The van der Waals surface area contributed by atoms with E-state index in [4.69, 9.17) is 0 Å². The summed E-state index contributed by atoms with van der Waals surface area (Å²) >= 11 is 3.24. The summed E-state index contributed by atoms with van der Waals surface area (Å²) in [7, 11) is -0.885. The fraction of sp³-hybridized carbons (Fsp3) is 0.600. The van der Waals surface area contributed by atoms with Crippen LogP contribution >= 0.6 is 15.9 Å². The van der Waals surface area contributed by atoms with Crippen molar-refractivity contribution in [2.75, 3.05) is 0 Å². The zero-order valence-electron chi connectivity index (χ0n) is 5.03. The Morgan fingerprint density at radius 2 is 1.71 bits per heavy atom. The van der Waals surface area contributed by atoms with Gasteiger partial charge in [-0.2, -0.15) is 0 Å². The maximum Gasteiger partial charge on any atom is 0.0693 e. The van der Waals surface area contributed by atoms with Crippen LogP contribution in [0.25, 0.3) is 0 Å². The van der Waals surface area contributed by atoms with Crippen molar-refractivity contribution in [1.29, 1.82) is 0 Å². The van der Waals surface area contributed by atoms with E-state index in [2.05, 4.69) is 41.3 Å². The molecule has 0 amide bonds. The molecule has 0 spiro atoms. The average Bonchev–Trinajstić information content (AvgIpc) is 1.30.